The number of aromatic nitrogens is 1. The smallest absolute Gasteiger partial charge is 0.236 e. The maximum absolute atomic E-state index is 12.4. The normalized spacial score (nSPS) is 11.1. The van der Waals surface area contributed by atoms with E-state index in [1.54, 1.807) is 30.5 Å². The largest absolute Gasteiger partial charge is 0.283 e. The van der Waals surface area contributed by atoms with E-state index in [-0.39, 0.29) is 5.75 Å². The molecule has 23 heavy (non-hydrogen) atoms. The molecule has 0 aliphatic carbocycles. The number of para-hydroxylation sites is 1. The molecular weight excluding hydrogens is 308 g/mol. The number of hydrogen-bond acceptors (Lipinski definition) is 3. The van der Waals surface area contributed by atoms with Crippen molar-refractivity contribution in [1.82, 2.24) is 4.98 Å². The molecule has 116 valence electrons. The number of pyridine rings is 1. The molecule has 4 nitrogen and oxygen atoms in total. The summed E-state index contributed by atoms with van der Waals surface area (Å²) < 4.78 is 27.5. The SMILES string of the molecule is O=S(=O)(Cc1ccccc1)Nc1ccccc1-c1ccccn1. The van der Waals surface area contributed by atoms with Crippen molar-refractivity contribution in [2.24, 2.45) is 0 Å². The molecule has 1 N–H and O–H groups in total. The summed E-state index contributed by atoms with van der Waals surface area (Å²) in [6, 6.07) is 21.9. The van der Waals surface area contributed by atoms with Gasteiger partial charge in [0.05, 0.1) is 17.1 Å². The molecule has 1 heterocycles. The number of benzene rings is 2. The van der Waals surface area contributed by atoms with E-state index < -0.39 is 10.0 Å². The molecule has 0 saturated carbocycles. The van der Waals surface area contributed by atoms with Gasteiger partial charge in [-0.2, -0.15) is 0 Å². The van der Waals surface area contributed by atoms with Crippen LogP contribution in [0.25, 0.3) is 11.3 Å². The van der Waals surface area contributed by atoms with Gasteiger partial charge in [0.25, 0.3) is 0 Å². The van der Waals surface area contributed by atoms with Crippen LogP contribution in [0.3, 0.4) is 0 Å². The van der Waals surface area contributed by atoms with Gasteiger partial charge < -0.3 is 0 Å². The van der Waals surface area contributed by atoms with Gasteiger partial charge in [-0.3, -0.25) is 9.71 Å². The van der Waals surface area contributed by atoms with Gasteiger partial charge in [-0.15, -0.1) is 0 Å². The number of rotatable bonds is 5. The van der Waals surface area contributed by atoms with Gasteiger partial charge in [0.2, 0.25) is 10.0 Å². The van der Waals surface area contributed by atoms with Gasteiger partial charge in [0.15, 0.2) is 0 Å². The first-order valence-electron chi connectivity index (χ1n) is 7.19. The maximum atomic E-state index is 12.4. The van der Waals surface area contributed by atoms with E-state index in [9.17, 15) is 8.42 Å². The summed E-state index contributed by atoms with van der Waals surface area (Å²) in [4.78, 5) is 4.29. The van der Waals surface area contributed by atoms with Gasteiger partial charge in [0, 0.05) is 11.8 Å². The monoisotopic (exact) mass is 324 g/mol. The van der Waals surface area contributed by atoms with Crippen LogP contribution in [0.1, 0.15) is 5.56 Å². The fourth-order valence-corrected chi connectivity index (χ4v) is 3.53. The fourth-order valence-electron chi connectivity index (χ4n) is 2.31. The van der Waals surface area contributed by atoms with Crippen LogP contribution in [0, 0.1) is 0 Å². The predicted octanol–water partition coefficient (Wildman–Crippen LogP) is 3.69. The minimum atomic E-state index is -3.50. The molecule has 0 aliphatic heterocycles. The van der Waals surface area contributed by atoms with Gasteiger partial charge in [-0.25, -0.2) is 8.42 Å². The van der Waals surface area contributed by atoms with Crippen molar-refractivity contribution in [1.29, 1.82) is 0 Å². The fraction of sp³-hybridized carbons (Fsp3) is 0.0556. The van der Waals surface area contributed by atoms with E-state index in [4.69, 9.17) is 0 Å². The molecule has 0 fully saturated rings. The molecule has 2 aromatic carbocycles. The maximum Gasteiger partial charge on any atom is 0.236 e. The molecule has 1 aromatic heterocycles. The predicted molar refractivity (Wildman–Crippen MR) is 92.4 cm³/mol. The van der Waals surface area contributed by atoms with Crippen molar-refractivity contribution in [2.75, 3.05) is 4.72 Å². The number of nitrogens with one attached hydrogen (secondary N) is 1. The number of hydrogen-bond donors (Lipinski definition) is 1. The van der Waals surface area contributed by atoms with Gasteiger partial charge in [0.1, 0.15) is 0 Å². The van der Waals surface area contributed by atoms with E-state index in [2.05, 4.69) is 9.71 Å². The summed E-state index contributed by atoms with van der Waals surface area (Å²) in [5.74, 6) is -0.0651. The highest BCUT2D eigenvalue weighted by Gasteiger charge is 2.14. The van der Waals surface area contributed by atoms with Crippen LogP contribution in [0.4, 0.5) is 5.69 Å². The van der Waals surface area contributed by atoms with Crippen LogP contribution in [0.5, 0.6) is 0 Å². The zero-order chi connectivity index (χ0) is 16.1. The molecule has 0 atom stereocenters. The standard InChI is InChI=1S/C18H16N2O2S/c21-23(22,14-15-8-2-1-3-9-15)20-18-12-5-4-10-16(18)17-11-6-7-13-19-17/h1-13,20H,14H2. The van der Waals surface area contributed by atoms with Crippen molar-refractivity contribution < 1.29 is 8.42 Å². The first-order valence-corrected chi connectivity index (χ1v) is 8.84. The van der Waals surface area contributed by atoms with E-state index in [1.165, 1.54) is 0 Å². The quantitative estimate of drug-likeness (QED) is 0.778. The summed E-state index contributed by atoms with van der Waals surface area (Å²) >= 11 is 0. The minimum Gasteiger partial charge on any atom is -0.283 e. The summed E-state index contributed by atoms with van der Waals surface area (Å²) in [5, 5.41) is 0. The first-order chi connectivity index (χ1) is 11.1. The van der Waals surface area contributed by atoms with Crippen LogP contribution < -0.4 is 4.72 Å². The molecule has 0 radical (unpaired) electrons. The lowest BCUT2D eigenvalue weighted by molar-refractivity contribution is 0.600. The van der Waals surface area contributed by atoms with Crippen molar-refractivity contribution in [2.45, 2.75) is 5.75 Å². The minimum absolute atomic E-state index is 0.0651. The summed E-state index contributed by atoms with van der Waals surface area (Å²) in [7, 11) is -3.50. The second-order valence-electron chi connectivity index (χ2n) is 5.11. The highest BCUT2D eigenvalue weighted by molar-refractivity contribution is 7.91. The number of anilines is 1. The molecule has 0 bridgehead atoms. The van der Waals surface area contributed by atoms with E-state index in [0.29, 0.717) is 5.69 Å². The lowest BCUT2D eigenvalue weighted by Gasteiger charge is -2.12. The molecule has 0 spiro atoms. The Kier molecular flexibility index (Phi) is 4.39. The molecule has 0 aliphatic rings. The Morgan fingerprint density at radius 3 is 2.26 bits per heavy atom. The van der Waals surface area contributed by atoms with E-state index >= 15 is 0 Å². The number of nitrogens with zero attached hydrogens (tertiary/aromatic N) is 1. The average Bonchev–Trinajstić information content (AvgIpc) is 2.56. The Morgan fingerprint density at radius 2 is 1.52 bits per heavy atom. The van der Waals surface area contributed by atoms with Crippen molar-refractivity contribution in [3.05, 3.63) is 84.6 Å². The Hall–Kier alpha value is -2.66. The zero-order valence-electron chi connectivity index (χ0n) is 12.4. The third-order valence-electron chi connectivity index (χ3n) is 3.33. The van der Waals surface area contributed by atoms with Crippen LogP contribution in [0.15, 0.2) is 79.0 Å². The summed E-state index contributed by atoms with van der Waals surface area (Å²) in [6.45, 7) is 0. The molecule has 0 unspecified atom stereocenters. The van der Waals surface area contributed by atoms with Gasteiger partial charge in [-0.1, -0.05) is 54.6 Å². The average molecular weight is 324 g/mol. The highest BCUT2D eigenvalue weighted by Crippen LogP contribution is 2.27. The second kappa shape index (κ2) is 6.62. The van der Waals surface area contributed by atoms with Crippen LogP contribution in [-0.2, 0) is 15.8 Å². The summed E-state index contributed by atoms with van der Waals surface area (Å²) in [5.41, 5.74) is 2.76. The third kappa shape index (κ3) is 3.96. The Balaban J connectivity index is 1.89. The topological polar surface area (TPSA) is 59.1 Å². The Bertz CT molecular complexity index is 879. The molecule has 5 heteroatoms. The highest BCUT2D eigenvalue weighted by atomic mass is 32.2. The lowest BCUT2D eigenvalue weighted by Crippen LogP contribution is -2.15. The van der Waals surface area contributed by atoms with E-state index in [0.717, 1.165) is 16.8 Å². The van der Waals surface area contributed by atoms with Gasteiger partial charge in [-0.05, 0) is 23.8 Å². The van der Waals surface area contributed by atoms with Gasteiger partial charge >= 0.3 is 0 Å². The van der Waals surface area contributed by atoms with Crippen LogP contribution in [0.2, 0.25) is 0 Å². The molecule has 3 aromatic rings. The molecule has 3 rings (SSSR count). The van der Waals surface area contributed by atoms with Crippen LogP contribution in [-0.4, -0.2) is 13.4 Å². The molecule has 0 amide bonds. The first kappa shape index (κ1) is 15.2. The van der Waals surface area contributed by atoms with E-state index in [1.807, 2.05) is 48.5 Å². The third-order valence-corrected chi connectivity index (χ3v) is 4.58. The second-order valence-corrected chi connectivity index (χ2v) is 6.83. The van der Waals surface area contributed by atoms with Crippen LogP contribution >= 0.6 is 0 Å². The summed E-state index contributed by atoms with van der Waals surface area (Å²) in [6.07, 6.45) is 1.69. The van der Waals surface area contributed by atoms with Crippen molar-refractivity contribution in [3.63, 3.8) is 0 Å². The number of sulfonamides is 1. The van der Waals surface area contributed by atoms with Crippen molar-refractivity contribution in [3.8, 4) is 11.3 Å². The Labute approximate surface area is 135 Å². The molecule has 0 saturated heterocycles. The Morgan fingerprint density at radius 1 is 0.826 bits per heavy atom. The zero-order valence-corrected chi connectivity index (χ0v) is 13.2. The lowest BCUT2D eigenvalue weighted by atomic mass is 10.1. The van der Waals surface area contributed by atoms with Crippen molar-refractivity contribution >= 4 is 15.7 Å². The molecular formula is C18H16N2O2S.